The molecule has 1 aromatic carbocycles. The van der Waals surface area contributed by atoms with E-state index in [1.807, 2.05) is 0 Å². The summed E-state index contributed by atoms with van der Waals surface area (Å²) in [5, 5.41) is 4.97. The van der Waals surface area contributed by atoms with E-state index in [1.54, 1.807) is 6.92 Å². The number of carbonyl (C=O) groups excluding carboxylic acids is 1. The van der Waals surface area contributed by atoms with Gasteiger partial charge in [0.1, 0.15) is 0 Å². The van der Waals surface area contributed by atoms with Gasteiger partial charge in [-0.25, -0.2) is 0 Å². The summed E-state index contributed by atoms with van der Waals surface area (Å²) in [5.41, 5.74) is -1.12. The first-order chi connectivity index (χ1) is 8.34. The number of halogens is 4. The monoisotopic (exact) mass is 324 g/mol. The number of hydrogen-bond donors (Lipinski definition) is 2. The van der Waals surface area contributed by atoms with Crippen LogP contribution in [0.1, 0.15) is 12.5 Å². The standard InChI is InChI=1S/C11H12BrF3N2O/c1-2-16-6-10(18)17-9-4-3-7(12)5-8(9)11(13,14)15/h3-5,16H,2,6H2,1H3,(H,17,18). The lowest BCUT2D eigenvalue weighted by molar-refractivity contribution is -0.137. The number of carbonyl (C=O) groups is 1. The van der Waals surface area contributed by atoms with E-state index in [0.717, 1.165) is 6.07 Å². The second kappa shape index (κ2) is 6.19. The Kier molecular flexibility index (Phi) is 5.15. The first-order valence-electron chi connectivity index (χ1n) is 5.22. The lowest BCUT2D eigenvalue weighted by Gasteiger charge is -2.14. The number of rotatable bonds is 4. The summed E-state index contributed by atoms with van der Waals surface area (Å²) in [4.78, 5) is 11.4. The van der Waals surface area contributed by atoms with E-state index < -0.39 is 17.6 Å². The van der Waals surface area contributed by atoms with E-state index >= 15 is 0 Å². The molecule has 1 amide bonds. The van der Waals surface area contributed by atoms with Crippen LogP contribution in [0.4, 0.5) is 18.9 Å². The van der Waals surface area contributed by atoms with E-state index in [-0.39, 0.29) is 12.2 Å². The van der Waals surface area contributed by atoms with Crippen molar-refractivity contribution in [2.75, 3.05) is 18.4 Å². The van der Waals surface area contributed by atoms with Crippen molar-refractivity contribution in [3.63, 3.8) is 0 Å². The van der Waals surface area contributed by atoms with Gasteiger partial charge in [-0.05, 0) is 24.7 Å². The normalized spacial score (nSPS) is 11.4. The predicted octanol–water partition coefficient (Wildman–Crippen LogP) is 3.02. The molecule has 0 fully saturated rings. The third-order valence-corrected chi connectivity index (χ3v) is 2.59. The maximum absolute atomic E-state index is 12.7. The molecule has 1 rings (SSSR count). The van der Waals surface area contributed by atoms with Crippen LogP contribution in [-0.4, -0.2) is 19.0 Å². The van der Waals surface area contributed by atoms with Crippen LogP contribution < -0.4 is 10.6 Å². The molecule has 0 saturated carbocycles. The lowest BCUT2D eigenvalue weighted by atomic mass is 10.1. The summed E-state index contributed by atoms with van der Waals surface area (Å²) >= 11 is 2.97. The van der Waals surface area contributed by atoms with Gasteiger partial charge in [0.15, 0.2) is 0 Å². The highest BCUT2D eigenvalue weighted by Crippen LogP contribution is 2.36. The van der Waals surface area contributed by atoms with Crippen LogP contribution in [0.2, 0.25) is 0 Å². The SMILES string of the molecule is CCNCC(=O)Nc1ccc(Br)cc1C(F)(F)F. The van der Waals surface area contributed by atoms with Crippen molar-refractivity contribution in [2.24, 2.45) is 0 Å². The van der Waals surface area contributed by atoms with Gasteiger partial charge in [0.25, 0.3) is 0 Å². The molecule has 0 radical (unpaired) electrons. The molecular formula is C11H12BrF3N2O. The van der Waals surface area contributed by atoms with E-state index in [0.29, 0.717) is 11.0 Å². The molecule has 0 unspecified atom stereocenters. The Morgan fingerprint density at radius 2 is 2.06 bits per heavy atom. The molecule has 0 aromatic heterocycles. The Labute approximate surface area is 111 Å². The Hall–Kier alpha value is -1.08. The summed E-state index contributed by atoms with van der Waals surface area (Å²) in [6, 6.07) is 3.59. The average Bonchev–Trinajstić information content (AvgIpc) is 2.27. The second-order valence-corrected chi connectivity index (χ2v) is 4.43. The summed E-state index contributed by atoms with van der Waals surface area (Å²) in [7, 11) is 0. The van der Waals surface area contributed by atoms with E-state index in [2.05, 4.69) is 26.6 Å². The number of hydrogen-bond acceptors (Lipinski definition) is 2. The number of benzene rings is 1. The zero-order valence-corrected chi connectivity index (χ0v) is 11.2. The molecule has 7 heteroatoms. The molecule has 0 heterocycles. The summed E-state index contributed by atoms with van der Waals surface area (Å²) in [6.07, 6.45) is -4.51. The van der Waals surface area contributed by atoms with Crippen molar-refractivity contribution < 1.29 is 18.0 Å². The Morgan fingerprint density at radius 3 is 2.61 bits per heavy atom. The molecular weight excluding hydrogens is 313 g/mol. The molecule has 0 bridgehead atoms. The largest absolute Gasteiger partial charge is 0.418 e. The molecule has 3 nitrogen and oxygen atoms in total. The molecule has 0 aliphatic heterocycles. The molecule has 0 spiro atoms. The third-order valence-electron chi connectivity index (χ3n) is 2.10. The minimum absolute atomic E-state index is 0.0239. The minimum Gasteiger partial charge on any atom is -0.324 e. The highest BCUT2D eigenvalue weighted by molar-refractivity contribution is 9.10. The predicted molar refractivity (Wildman–Crippen MR) is 66.3 cm³/mol. The number of alkyl halides is 3. The second-order valence-electron chi connectivity index (χ2n) is 3.52. The zero-order valence-electron chi connectivity index (χ0n) is 9.57. The van der Waals surface area contributed by atoms with Crippen LogP contribution >= 0.6 is 15.9 Å². The molecule has 0 aliphatic rings. The van der Waals surface area contributed by atoms with Gasteiger partial charge in [-0.15, -0.1) is 0 Å². The van der Waals surface area contributed by atoms with Crippen molar-refractivity contribution in [1.82, 2.24) is 5.32 Å². The Balaban J connectivity index is 2.92. The van der Waals surface area contributed by atoms with Crippen molar-refractivity contribution in [3.8, 4) is 0 Å². The van der Waals surface area contributed by atoms with Crippen LogP contribution in [0.15, 0.2) is 22.7 Å². The first kappa shape index (κ1) is 15.0. The molecule has 0 atom stereocenters. The summed E-state index contributed by atoms with van der Waals surface area (Å²) in [5.74, 6) is -0.510. The Morgan fingerprint density at radius 1 is 1.39 bits per heavy atom. The van der Waals surface area contributed by atoms with Crippen LogP contribution in [-0.2, 0) is 11.0 Å². The Bertz CT molecular complexity index is 435. The maximum Gasteiger partial charge on any atom is 0.418 e. The molecule has 2 N–H and O–H groups in total. The van der Waals surface area contributed by atoms with Crippen LogP contribution in [0.3, 0.4) is 0 Å². The summed E-state index contributed by atoms with van der Waals surface area (Å²) in [6.45, 7) is 2.35. The van der Waals surface area contributed by atoms with E-state index in [4.69, 9.17) is 0 Å². The van der Waals surface area contributed by atoms with Crippen molar-refractivity contribution in [3.05, 3.63) is 28.2 Å². The fourth-order valence-electron chi connectivity index (χ4n) is 1.29. The zero-order chi connectivity index (χ0) is 13.8. The summed E-state index contributed by atoms with van der Waals surface area (Å²) < 4.78 is 38.5. The van der Waals surface area contributed by atoms with Crippen molar-refractivity contribution in [1.29, 1.82) is 0 Å². The topological polar surface area (TPSA) is 41.1 Å². The highest BCUT2D eigenvalue weighted by Gasteiger charge is 2.34. The fourth-order valence-corrected chi connectivity index (χ4v) is 1.65. The highest BCUT2D eigenvalue weighted by atomic mass is 79.9. The number of nitrogens with one attached hydrogen (secondary N) is 2. The molecule has 100 valence electrons. The van der Waals surface area contributed by atoms with Gasteiger partial charge in [-0.3, -0.25) is 4.79 Å². The average molecular weight is 325 g/mol. The van der Waals surface area contributed by atoms with Gasteiger partial charge in [0.05, 0.1) is 17.8 Å². The molecule has 1 aromatic rings. The van der Waals surface area contributed by atoms with Gasteiger partial charge in [0.2, 0.25) is 5.91 Å². The van der Waals surface area contributed by atoms with Gasteiger partial charge >= 0.3 is 6.18 Å². The quantitative estimate of drug-likeness (QED) is 0.893. The van der Waals surface area contributed by atoms with E-state index in [1.165, 1.54) is 12.1 Å². The molecule has 0 aliphatic carbocycles. The number of likely N-dealkylation sites (N-methyl/N-ethyl adjacent to an activating group) is 1. The smallest absolute Gasteiger partial charge is 0.324 e. The van der Waals surface area contributed by atoms with Crippen LogP contribution in [0.5, 0.6) is 0 Å². The fraction of sp³-hybridized carbons (Fsp3) is 0.364. The number of anilines is 1. The number of amides is 1. The van der Waals surface area contributed by atoms with Gasteiger partial charge in [-0.1, -0.05) is 22.9 Å². The molecule has 18 heavy (non-hydrogen) atoms. The van der Waals surface area contributed by atoms with Crippen molar-refractivity contribution in [2.45, 2.75) is 13.1 Å². The lowest BCUT2D eigenvalue weighted by Crippen LogP contribution is -2.28. The van der Waals surface area contributed by atoms with E-state index in [9.17, 15) is 18.0 Å². The maximum atomic E-state index is 12.7. The first-order valence-corrected chi connectivity index (χ1v) is 6.01. The van der Waals surface area contributed by atoms with Crippen molar-refractivity contribution >= 4 is 27.5 Å². The van der Waals surface area contributed by atoms with Crippen LogP contribution in [0, 0.1) is 0 Å². The van der Waals surface area contributed by atoms with Gasteiger partial charge in [-0.2, -0.15) is 13.2 Å². The molecule has 0 saturated heterocycles. The van der Waals surface area contributed by atoms with Gasteiger partial charge in [0, 0.05) is 4.47 Å². The van der Waals surface area contributed by atoms with Crippen LogP contribution in [0.25, 0.3) is 0 Å². The van der Waals surface area contributed by atoms with Gasteiger partial charge < -0.3 is 10.6 Å². The third kappa shape index (κ3) is 4.30. The minimum atomic E-state index is -4.51.